The number of halogens is 3. The Hall–Kier alpha value is -4.01. The number of urea groups is 1. The topological polar surface area (TPSA) is 72.9 Å². The van der Waals surface area contributed by atoms with E-state index in [9.17, 15) is 27.9 Å². The van der Waals surface area contributed by atoms with Crippen molar-refractivity contribution in [3.8, 4) is 0 Å². The van der Waals surface area contributed by atoms with Crippen LogP contribution in [0.15, 0.2) is 84.9 Å². The zero-order valence-electron chi connectivity index (χ0n) is 24.1. The van der Waals surface area contributed by atoms with Crippen LogP contribution in [0.25, 0.3) is 0 Å². The maximum absolute atomic E-state index is 13.8. The number of likely N-dealkylation sites (tertiary alicyclic amines) is 1. The van der Waals surface area contributed by atoms with Gasteiger partial charge in [-0.3, -0.25) is 0 Å². The van der Waals surface area contributed by atoms with Gasteiger partial charge in [-0.25, -0.2) is 9.59 Å². The largest absolute Gasteiger partial charge is 0.465 e. The summed E-state index contributed by atoms with van der Waals surface area (Å²) in [5.41, 5.74) is 1.02. The van der Waals surface area contributed by atoms with Crippen molar-refractivity contribution in [3.63, 3.8) is 0 Å². The minimum absolute atomic E-state index is 0.0196. The molecule has 1 aliphatic rings. The molecule has 0 aromatic heterocycles. The number of rotatable bonds is 7. The Balaban J connectivity index is 1.65. The van der Waals surface area contributed by atoms with Crippen molar-refractivity contribution in [2.75, 3.05) is 18.4 Å². The Bertz CT molecular complexity index is 1300. The molecule has 1 fully saturated rings. The van der Waals surface area contributed by atoms with Crippen molar-refractivity contribution < 1.29 is 27.9 Å². The first-order chi connectivity index (χ1) is 19.8. The van der Waals surface area contributed by atoms with E-state index in [0.717, 1.165) is 23.3 Å². The van der Waals surface area contributed by atoms with Gasteiger partial charge in [0.25, 0.3) is 0 Å². The SMILES string of the molecule is CC(C)(C)C1CC(N(CCC(c2ccccc2)c2ccccc2)C(=O)Nc2cccc(C(F)(F)F)c2)CCN1C(=O)O. The van der Waals surface area contributed by atoms with Crippen molar-refractivity contribution in [2.45, 2.75) is 64.2 Å². The van der Waals surface area contributed by atoms with Gasteiger partial charge in [0.15, 0.2) is 0 Å². The third-order valence-electron chi connectivity index (χ3n) is 8.03. The summed E-state index contributed by atoms with van der Waals surface area (Å²) in [4.78, 5) is 29.0. The average Bonchev–Trinajstić information content (AvgIpc) is 2.95. The van der Waals surface area contributed by atoms with Gasteiger partial charge in [0.2, 0.25) is 0 Å². The standard InChI is InChI=1S/C33H38F3N3O3/c1-32(2,3)29-22-27(17-19-39(29)31(41)42)38(30(40)37-26-16-10-15-25(21-26)33(34,35)36)20-18-28(23-11-6-4-7-12-23)24-13-8-5-9-14-24/h4-16,21,27-29H,17-20,22H2,1-3H3,(H,37,40)(H,41,42). The van der Waals surface area contributed by atoms with Crippen LogP contribution in [-0.2, 0) is 6.18 Å². The monoisotopic (exact) mass is 581 g/mol. The van der Waals surface area contributed by atoms with Gasteiger partial charge >= 0.3 is 18.3 Å². The maximum atomic E-state index is 13.8. The Kier molecular flexibility index (Phi) is 9.49. The highest BCUT2D eigenvalue weighted by atomic mass is 19.4. The maximum Gasteiger partial charge on any atom is 0.416 e. The fourth-order valence-electron chi connectivity index (χ4n) is 5.86. The molecule has 3 aromatic carbocycles. The quantitative estimate of drug-likeness (QED) is 0.295. The van der Waals surface area contributed by atoms with Gasteiger partial charge < -0.3 is 20.2 Å². The number of anilines is 1. The van der Waals surface area contributed by atoms with Crippen LogP contribution >= 0.6 is 0 Å². The van der Waals surface area contributed by atoms with Gasteiger partial charge in [-0.1, -0.05) is 87.5 Å². The molecule has 0 bridgehead atoms. The van der Waals surface area contributed by atoms with Crippen LogP contribution in [0.1, 0.15) is 62.6 Å². The number of benzene rings is 3. The van der Waals surface area contributed by atoms with E-state index in [4.69, 9.17) is 0 Å². The number of carbonyl (C=O) groups is 2. The second kappa shape index (κ2) is 12.9. The predicted octanol–water partition coefficient (Wildman–Crippen LogP) is 8.32. The molecule has 0 radical (unpaired) electrons. The van der Waals surface area contributed by atoms with Gasteiger partial charge in [-0.05, 0) is 54.0 Å². The van der Waals surface area contributed by atoms with Gasteiger partial charge in [-0.2, -0.15) is 13.2 Å². The highest BCUT2D eigenvalue weighted by molar-refractivity contribution is 5.89. The number of piperidine rings is 1. The van der Waals surface area contributed by atoms with Crippen molar-refractivity contribution in [3.05, 3.63) is 102 Å². The van der Waals surface area contributed by atoms with Crippen LogP contribution in [0.2, 0.25) is 0 Å². The summed E-state index contributed by atoms with van der Waals surface area (Å²) in [5, 5.41) is 12.6. The van der Waals surface area contributed by atoms with Crippen LogP contribution in [0.4, 0.5) is 28.4 Å². The number of amides is 3. The summed E-state index contributed by atoms with van der Waals surface area (Å²) >= 11 is 0. The lowest BCUT2D eigenvalue weighted by Gasteiger charge is -2.47. The Labute approximate surface area is 245 Å². The summed E-state index contributed by atoms with van der Waals surface area (Å²) in [6.45, 7) is 6.52. The van der Waals surface area contributed by atoms with Crippen molar-refractivity contribution >= 4 is 17.8 Å². The van der Waals surface area contributed by atoms with E-state index >= 15 is 0 Å². The lowest BCUT2D eigenvalue weighted by molar-refractivity contribution is -0.137. The van der Waals surface area contributed by atoms with E-state index in [1.54, 1.807) is 4.90 Å². The number of hydrogen-bond donors (Lipinski definition) is 2. The zero-order valence-corrected chi connectivity index (χ0v) is 24.1. The third-order valence-corrected chi connectivity index (χ3v) is 8.03. The molecule has 6 nitrogen and oxygen atoms in total. The lowest BCUT2D eigenvalue weighted by Crippen LogP contribution is -2.57. The van der Waals surface area contributed by atoms with Crippen LogP contribution in [-0.4, -0.2) is 52.2 Å². The first kappa shape index (κ1) is 30.9. The number of nitrogens with zero attached hydrogens (tertiary/aromatic N) is 2. The van der Waals surface area contributed by atoms with Gasteiger partial charge in [0.05, 0.1) is 5.56 Å². The second-order valence-corrected chi connectivity index (χ2v) is 11.9. The fourth-order valence-corrected chi connectivity index (χ4v) is 5.86. The molecule has 0 saturated carbocycles. The second-order valence-electron chi connectivity index (χ2n) is 11.9. The minimum atomic E-state index is -4.54. The molecule has 2 N–H and O–H groups in total. The molecule has 224 valence electrons. The third kappa shape index (κ3) is 7.63. The molecule has 1 heterocycles. The Morgan fingerprint density at radius 3 is 2.07 bits per heavy atom. The summed E-state index contributed by atoms with van der Waals surface area (Å²) in [7, 11) is 0. The molecule has 4 rings (SSSR count). The fraction of sp³-hybridized carbons (Fsp3) is 0.394. The summed E-state index contributed by atoms with van der Waals surface area (Å²) < 4.78 is 40.1. The number of carbonyl (C=O) groups excluding carboxylic acids is 1. The van der Waals surface area contributed by atoms with Crippen LogP contribution in [0, 0.1) is 5.41 Å². The number of hydrogen-bond acceptors (Lipinski definition) is 2. The molecular formula is C33H38F3N3O3. The smallest absolute Gasteiger partial charge is 0.416 e. The molecule has 42 heavy (non-hydrogen) atoms. The summed E-state index contributed by atoms with van der Waals surface area (Å²) in [6, 6.07) is 23.4. The molecule has 2 atom stereocenters. The van der Waals surface area contributed by atoms with E-state index < -0.39 is 23.9 Å². The molecule has 2 unspecified atom stereocenters. The van der Waals surface area contributed by atoms with Crippen LogP contribution < -0.4 is 5.32 Å². The molecule has 9 heteroatoms. The first-order valence-corrected chi connectivity index (χ1v) is 14.2. The number of carboxylic acid groups (broad SMARTS) is 1. The number of alkyl halides is 3. The molecular weight excluding hydrogens is 543 g/mol. The van der Waals surface area contributed by atoms with Crippen molar-refractivity contribution in [1.29, 1.82) is 0 Å². The Morgan fingerprint density at radius 2 is 1.55 bits per heavy atom. The minimum Gasteiger partial charge on any atom is -0.465 e. The molecule has 3 aromatic rings. The van der Waals surface area contributed by atoms with Crippen molar-refractivity contribution in [1.82, 2.24) is 9.80 Å². The molecule has 1 aliphatic heterocycles. The normalized spacial score (nSPS) is 17.6. The summed E-state index contributed by atoms with van der Waals surface area (Å²) in [6.07, 6.45) is -4.11. The lowest BCUT2D eigenvalue weighted by atomic mass is 9.78. The summed E-state index contributed by atoms with van der Waals surface area (Å²) in [5.74, 6) is -0.0196. The highest BCUT2D eigenvalue weighted by Crippen LogP contribution is 2.36. The van der Waals surface area contributed by atoms with Gasteiger partial charge in [0.1, 0.15) is 0 Å². The molecule has 0 aliphatic carbocycles. The van der Waals surface area contributed by atoms with Gasteiger partial charge in [0, 0.05) is 36.8 Å². The number of nitrogens with one attached hydrogen (secondary N) is 1. The van der Waals surface area contributed by atoms with Crippen LogP contribution in [0.5, 0.6) is 0 Å². The Morgan fingerprint density at radius 1 is 0.952 bits per heavy atom. The average molecular weight is 582 g/mol. The predicted molar refractivity (Wildman–Crippen MR) is 158 cm³/mol. The molecule has 3 amide bonds. The van der Waals surface area contributed by atoms with E-state index in [1.807, 2.05) is 81.4 Å². The van der Waals surface area contributed by atoms with E-state index in [2.05, 4.69) is 5.32 Å². The van der Waals surface area contributed by atoms with Crippen molar-refractivity contribution in [2.24, 2.45) is 5.41 Å². The first-order valence-electron chi connectivity index (χ1n) is 14.2. The highest BCUT2D eigenvalue weighted by Gasteiger charge is 2.41. The van der Waals surface area contributed by atoms with E-state index in [-0.39, 0.29) is 35.6 Å². The van der Waals surface area contributed by atoms with E-state index in [0.29, 0.717) is 25.8 Å². The van der Waals surface area contributed by atoms with Crippen LogP contribution in [0.3, 0.4) is 0 Å². The molecule has 0 spiro atoms. The zero-order chi connectivity index (χ0) is 30.5. The molecule has 1 saturated heterocycles. The van der Waals surface area contributed by atoms with Gasteiger partial charge in [-0.15, -0.1) is 0 Å². The van der Waals surface area contributed by atoms with E-state index in [1.165, 1.54) is 17.0 Å².